The van der Waals surface area contributed by atoms with Crippen LogP contribution in [-0.2, 0) is 14.3 Å². The zero-order valence-corrected chi connectivity index (χ0v) is 16.3. The van der Waals surface area contributed by atoms with Crippen molar-refractivity contribution in [3.63, 3.8) is 0 Å². The van der Waals surface area contributed by atoms with Gasteiger partial charge in [0.2, 0.25) is 11.8 Å². The highest BCUT2D eigenvalue weighted by Gasteiger charge is 2.33. The topological polar surface area (TPSA) is 93.7 Å². The number of carbonyl (C=O) groups is 2. The van der Waals surface area contributed by atoms with Gasteiger partial charge in [-0.2, -0.15) is 0 Å². The number of aryl methyl sites for hydroxylation is 2. The lowest BCUT2D eigenvalue weighted by Crippen LogP contribution is -2.30. The predicted octanol–water partition coefficient (Wildman–Crippen LogP) is 2.32. The molecule has 1 aliphatic heterocycles. The molecule has 0 saturated carbocycles. The van der Waals surface area contributed by atoms with Gasteiger partial charge in [-0.3, -0.25) is 9.59 Å². The molecular weight excluding hydrogens is 360 g/mol. The minimum absolute atomic E-state index is 0.0191. The van der Waals surface area contributed by atoms with E-state index in [-0.39, 0.29) is 30.2 Å². The molecule has 1 atom stereocenters. The summed E-state index contributed by atoms with van der Waals surface area (Å²) in [6.45, 7) is 5.14. The molecule has 148 valence electrons. The molecule has 3 rings (SSSR count). The van der Waals surface area contributed by atoms with E-state index in [0.717, 1.165) is 11.4 Å². The summed E-state index contributed by atoms with van der Waals surface area (Å²) < 4.78 is 10.7. The summed E-state index contributed by atoms with van der Waals surface area (Å²) in [6.07, 6.45) is 0.223. The van der Waals surface area contributed by atoms with Crippen LogP contribution in [0.1, 0.15) is 17.8 Å². The minimum atomic E-state index is -0.357. The van der Waals surface area contributed by atoms with Gasteiger partial charge in [0.15, 0.2) is 0 Å². The van der Waals surface area contributed by atoms with Gasteiger partial charge >= 0.3 is 6.01 Å². The van der Waals surface area contributed by atoms with E-state index in [2.05, 4.69) is 15.3 Å². The fourth-order valence-corrected chi connectivity index (χ4v) is 3.06. The Morgan fingerprint density at radius 1 is 1.21 bits per heavy atom. The number of hydrogen-bond donors (Lipinski definition) is 1. The Hall–Kier alpha value is -3.00. The van der Waals surface area contributed by atoms with E-state index in [1.54, 1.807) is 36.3 Å². The van der Waals surface area contributed by atoms with Crippen LogP contribution in [0.5, 0.6) is 11.8 Å². The van der Waals surface area contributed by atoms with E-state index in [9.17, 15) is 9.59 Å². The molecule has 2 heterocycles. The van der Waals surface area contributed by atoms with Crippen LogP contribution in [0.25, 0.3) is 0 Å². The molecule has 1 fully saturated rings. The second-order valence-corrected chi connectivity index (χ2v) is 6.78. The van der Waals surface area contributed by atoms with Crippen molar-refractivity contribution in [1.82, 2.24) is 14.9 Å². The van der Waals surface area contributed by atoms with Crippen LogP contribution in [0, 0.1) is 19.8 Å². The molecule has 2 amide bonds. The number of rotatable bonds is 7. The summed E-state index contributed by atoms with van der Waals surface area (Å²) in [6, 6.07) is 9.12. The number of ether oxygens (including phenoxy) is 2. The first-order valence-electron chi connectivity index (χ1n) is 9.12. The smallest absolute Gasteiger partial charge is 0.322 e. The minimum Gasteiger partial charge on any atom is -0.424 e. The third kappa shape index (κ3) is 5.04. The zero-order valence-electron chi connectivity index (χ0n) is 16.3. The maximum Gasteiger partial charge on any atom is 0.322 e. The van der Waals surface area contributed by atoms with Crippen molar-refractivity contribution in [2.24, 2.45) is 5.92 Å². The van der Waals surface area contributed by atoms with Crippen LogP contribution in [0.15, 0.2) is 30.3 Å². The first-order chi connectivity index (χ1) is 13.4. The molecule has 2 aromatic rings. The summed E-state index contributed by atoms with van der Waals surface area (Å²) in [4.78, 5) is 34.6. The molecule has 8 nitrogen and oxygen atoms in total. The quantitative estimate of drug-likeness (QED) is 0.787. The summed E-state index contributed by atoms with van der Waals surface area (Å²) in [7, 11) is 1.59. The lowest BCUT2D eigenvalue weighted by atomic mass is 10.1. The van der Waals surface area contributed by atoms with Crippen molar-refractivity contribution in [3.8, 4) is 11.8 Å². The number of methoxy groups -OCH3 is 1. The molecule has 28 heavy (non-hydrogen) atoms. The van der Waals surface area contributed by atoms with Gasteiger partial charge in [0, 0.05) is 43.7 Å². The largest absolute Gasteiger partial charge is 0.424 e. The zero-order chi connectivity index (χ0) is 20.1. The highest BCUT2D eigenvalue weighted by atomic mass is 16.5. The monoisotopic (exact) mass is 384 g/mol. The average molecular weight is 384 g/mol. The molecule has 0 bridgehead atoms. The third-order valence-corrected chi connectivity index (χ3v) is 4.44. The average Bonchev–Trinajstić information content (AvgIpc) is 3.01. The van der Waals surface area contributed by atoms with Crippen molar-refractivity contribution in [1.29, 1.82) is 0 Å². The van der Waals surface area contributed by atoms with Gasteiger partial charge in [-0.05, 0) is 44.2 Å². The van der Waals surface area contributed by atoms with Crippen molar-refractivity contribution >= 4 is 17.5 Å². The number of aromatic nitrogens is 2. The first kappa shape index (κ1) is 19.8. The number of hydrogen-bond acceptors (Lipinski definition) is 6. The Morgan fingerprint density at radius 3 is 2.54 bits per heavy atom. The van der Waals surface area contributed by atoms with Crippen LogP contribution >= 0.6 is 0 Å². The third-order valence-electron chi connectivity index (χ3n) is 4.44. The fourth-order valence-electron chi connectivity index (χ4n) is 3.06. The van der Waals surface area contributed by atoms with Crippen LogP contribution in [0.4, 0.5) is 5.69 Å². The lowest BCUT2D eigenvalue weighted by Gasteiger charge is -2.15. The van der Waals surface area contributed by atoms with Crippen molar-refractivity contribution < 1.29 is 19.1 Å². The Balaban J connectivity index is 1.57. The number of nitrogens with zero attached hydrogens (tertiary/aromatic N) is 3. The van der Waals surface area contributed by atoms with Crippen LogP contribution in [0.3, 0.4) is 0 Å². The van der Waals surface area contributed by atoms with E-state index < -0.39 is 0 Å². The molecule has 1 aliphatic rings. The number of nitrogens with one attached hydrogen (secondary N) is 1. The Kier molecular flexibility index (Phi) is 6.20. The standard InChI is InChI=1S/C20H24N4O4/c1-13-10-14(2)22-20(21-13)28-17-6-4-16(5-7-17)23-19(26)15-11-18(25)24(12-15)8-9-27-3/h4-7,10,15H,8-9,11-12H2,1-3H3,(H,23,26). The molecule has 0 radical (unpaired) electrons. The van der Waals surface area contributed by atoms with Crippen LogP contribution < -0.4 is 10.1 Å². The summed E-state index contributed by atoms with van der Waals surface area (Å²) in [5, 5.41) is 2.85. The number of amides is 2. The van der Waals surface area contributed by atoms with Gasteiger partial charge in [-0.1, -0.05) is 0 Å². The van der Waals surface area contributed by atoms with Crippen molar-refractivity contribution in [3.05, 3.63) is 41.7 Å². The first-order valence-corrected chi connectivity index (χ1v) is 9.12. The molecule has 0 aliphatic carbocycles. The summed E-state index contributed by atoms with van der Waals surface area (Å²) in [5.41, 5.74) is 2.30. The maximum absolute atomic E-state index is 12.5. The van der Waals surface area contributed by atoms with Gasteiger partial charge in [-0.15, -0.1) is 0 Å². The highest BCUT2D eigenvalue weighted by Crippen LogP contribution is 2.23. The molecule has 1 saturated heterocycles. The SMILES string of the molecule is COCCN1CC(C(=O)Nc2ccc(Oc3nc(C)cc(C)n3)cc2)CC1=O. The van der Waals surface area contributed by atoms with Crippen molar-refractivity contribution in [2.75, 3.05) is 32.1 Å². The van der Waals surface area contributed by atoms with Gasteiger partial charge in [-0.25, -0.2) is 9.97 Å². The second kappa shape index (κ2) is 8.79. The highest BCUT2D eigenvalue weighted by molar-refractivity contribution is 5.97. The summed E-state index contributed by atoms with van der Waals surface area (Å²) >= 11 is 0. The van der Waals surface area contributed by atoms with Gasteiger partial charge in [0.05, 0.1) is 12.5 Å². The number of likely N-dealkylation sites (tertiary alicyclic amines) is 1. The van der Waals surface area contributed by atoms with Crippen LogP contribution in [-0.4, -0.2) is 53.5 Å². The fraction of sp³-hybridized carbons (Fsp3) is 0.400. The van der Waals surface area contributed by atoms with Gasteiger partial charge < -0.3 is 19.7 Å². The van der Waals surface area contributed by atoms with E-state index in [1.807, 2.05) is 19.9 Å². The molecule has 1 unspecified atom stereocenters. The normalized spacial score (nSPS) is 16.3. The molecule has 8 heteroatoms. The Labute approximate surface area is 163 Å². The number of benzene rings is 1. The number of anilines is 1. The molecule has 1 aromatic carbocycles. The number of carbonyl (C=O) groups excluding carboxylic acids is 2. The van der Waals surface area contributed by atoms with Gasteiger partial charge in [0.1, 0.15) is 5.75 Å². The second-order valence-electron chi connectivity index (χ2n) is 6.78. The van der Waals surface area contributed by atoms with E-state index >= 15 is 0 Å². The Morgan fingerprint density at radius 2 is 1.89 bits per heavy atom. The van der Waals surface area contributed by atoms with E-state index in [4.69, 9.17) is 9.47 Å². The van der Waals surface area contributed by atoms with Gasteiger partial charge in [0.25, 0.3) is 0 Å². The molecule has 0 spiro atoms. The van der Waals surface area contributed by atoms with Crippen molar-refractivity contribution in [2.45, 2.75) is 20.3 Å². The predicted molar refractivity (Wildman–Crippen MR) is 103 cm³/mol. The molecule has 1 aromatic heterocycles. The molecular formula is C20H24N4O4. The molecule has 1 N–H and O–H groups in total. The Bertz CT molecular complexity index is 834. The maximum atomic E-state index is 12.5. The lowest BCUT2D eigenvalue weighted by molar-refractivity contribution is -0.128. The van der Waals surface area contributed by atoms with E-state index in [1.165, 1.54) is 0 Å². The van der Waals surface area contributed by atoms with Crippen LogP contribution in [0.2, 0.25) is 0 Å². The van der Waals surface area contributed by atoms with E-state index in [0.29, 0.717) is 31.1 Å². The summed E-state index contributed by atoms with van der Waals surface area (Å²) in [5.74, 6) is 0.0303.